The molecule has 0 atom stereocenters. The summed E-state index contributed by atoms with van der Waals surface area (Å²) in [7, 11) is 0. The summed E-state index contributed by atoms with van der Waals surface area (Å²) in [4.78, 5) is 53.3. The van der Waals surface area contributed by atoms with Gasteiger partial charge in [0.05, 0.1) is 21.4 Å². The molecule has 9 nitrogen and oxygen atoms in total. The second-order valence-corrected chi connectivity index (χ2v) is 8.24. The molecule has 170 valence electrons. The van der Waals surface area contributed by atoms with Gasteiger partial charge < -0.3 is 9.94 Å². The lowest BCUT2D eigenvalue weighted by atomic mass is 10.0. The number of carbonyl (C=O) groups is 2. The first-order chi connectivity index (χ1) is 16.9. The third-order valence-corrected chi connectivity index (χ3v) is 6.34. The fourth-order valence-corrected chi connectivity index (χ4v) is 4.73. The van der Waals surface area contributed by atoms with Crippen LogP contribution in [0.3, 0.4) is 0 Å². The van der Waals surface area contributed by atoms with Gasteiger partial charge in [-0.1, -0.05) is 54.6 Å². The van der Waals surface area contributed by atoms with Crippen LogP contribution in [0.1, 0.15) is 32.1 Å². The highest BCUT2D eigenvalue weighted by atomic mass is 16.5. The van der Waals surface area contributed by atoms with E-state index in [1.165, 1.54) is 19.1 Å². The highest BCUT2D eigenvalue weighted by Gasteiger charge is 2.34. The third kappa shape index (κ3) is 2.72. The molecular weight excluding hydrogens is 448 g/mol. The van der Waals surface area contributed by atoms with Crippen LogP contribution < -0.4 is 15.4 Å². The molecule has 0 unspecified atom stereocenters. The Morgan fingerprint density at radius 1 is 0.886 bits per heavy atom. The Kier molecular flexibility index (Phi) is 4.24. The number of rotatable bonds is 2. The summed E-state index contributed by atoms with van der Waals surface area (Å²) in [5.74, 6) is -1.22. The van der Waals surface area contributed by atoms with E-state index in [4.69, 9.17) is 0 Å². The van der Waals surface area contributed by atoms with Gasteiger partial charge in [0.1, 0.15) is 5.52 Å². The van der Waals surface area contributed by atoms with Crippen molar-refractivity contribution in [2.24, 2.45) is 0 Å². The van der Waals surface area contributed by atoms with Crippen molar-refractivity contribution in [3.05, 3.63) is 116 Å². The highest BCUT2D eigenvalue weighted by molar-refractivity contribution is 6.26. The van der Waals surface area contributed by atoms with Crippen LogP contribution in [0.15, 0.2) is 77.6 Å². The predicted molar refractivity (Wildman–Crippen MR) is 130 cm³/mol. The van der Waals surface area contributed by atoms with Gasteiger partial charge in [-0.3, -0.25) is 19.8 Å². The standard InChI is InChI=1S/C26H16N4O5/c1-14-22(30(35)20-13-7-6-12-19(20)29(14)34)25(32)27-28-23-16-9-3-4-10-17(16)24(31)21(23)15-8-2-5-11-18(15)26(28)33/h2-13H,1H3,(H,27,32). The Morgan fingerprint density at radius 3 is 2.29 bits per heavy atom. The normalized spacial score (nSPS) is 12.1. The van der Waals surface area contributed by atoms with Crippen molar-refractivity contribution in [2.75, 3.05) is 5.43 Å². The van der Waals surface area contributed by atoms with Gasteiger partial charge in [-0.05, 0) is 19.1 Å². The monoisotopic (exact) mass is 464 g/mol. The highest BCUT2D eigenvalue weighted by Crippen LogP contribution is 2.38. The Balaban J connectivity index is 1.62. The van der Waals surface area contributed by atoms with E-state index >= 15 is 0 Å². The van der Waals surface area contributed by atoms with Gasteiger partial charge in [0.25, 0.3) is 11.1 Å². The van der Waals surface area contributed by atoms with Crippen LogP contribution in [0.2, 0.25) is 0 Å². The molecule has 1 N–H and O–H groups in total. The lowest BCUT2D eigenvalue weighted by Crippen LogP contribution is -2.40. The molecule has 3 aromatic carbocycles. The summed E-state index contributed by atoms with van der Waals surface area (Å²) in [5.41, 5.74) is 2.87. The lowest BCUT2D eigenvalue weighted by molar-refractivity contribution is -0.468. The van der Waals surface area contributed by atoms with Gasteiger partial charge >= 0.3 is 11.6 Å². The van der Waals surface area contributed by atoms with Crippen LogP contribution >= 0.6 is 0 Å². The van der Waals surface area contributed by atoms with Gasteiger partial charge in [-0.25, -0.2) is 4.68 Å². The number of aromatic nitrogens is 3. The van der Waals surface area contributed by atoms with Crippen LogP contribution in [0.4, 0.5) is 0 Å². The minimum Gasteiger partial charge on any atom is -0.805 e. The van der Waals surface area contributed by atoms with Gasteiger partial charge in [0.15, 0.2) is 5.78 Å². The van der Waals surface area contributed by atoms with E-state index in [9.17, 15) is 24.5 Å². The molecule has 1 aliphatic carbocycles. The molecule has 0 bridgehead atoms. The van der Waals surface area contributed by atoms with Crippen LogP contribution in [0.25, 0.3) is 33.1 Å². The molecule has 6 rings (SSSR count). The Morgan fingerprint density at radius 2 is 1.51 bits per heavy atom. The van der Waals surface area contributed by atoms with Crippen molar-refractivity contribution >= 4 is 33.5 Å². The number of pyridine rings is 1. The Hall–Kier alpha value is -5.05. The molecule has 5 aromatic rings. The number of hydrogen-bond donors (Lipinski definition) is 1. The van der Waals surface area contributed by atoms with Crippen molar-refractivity contribution in [3.8, 4) is 11.3 Å². The van der Waals surface area contributed by atoms with E-state index in [-0.39, 0.29) is 39.2 Å². The van der Waals surface area contributed by atoms with Crippen molar-refractivity contribution < 1.29 is 14.0 Å². The Labute approximate surface area is 196 Å². The number of ketones is 1. The Bertz CT molecular complexity index is 1880. The third-order valence-electron chi connectivity index (χ3n) is 6.34. The van der Waals surface area contributed by atoms with Crippen LogP contribution in [-0.4, -0.2) is 21.1 Å². The summed E-state index contributed by atoms with van der Waals surface area (Å²) in [6.07, 6.45) is 0. The van der Waals surface area contributed by atoms with E-state index in [2.05, 4.69) is 5.43 Å². The van der Waals surface area contributed by atoms with E-state index < -0.39 is 17.2 Å². The second kappa shape index (κ2) is 7.22. The summed E-state index contributed by atoms with van der Waals surface area (Å²) in [5, 5.41) is 13.5. The maximum atomic E-state index is 13.5. The number of benzene rings is 3. The fourth-order valence-electron chi connectivity index (χ4n) is 4.73. The molecule has 0 aliphatic heterocycles. The second-order valence-electron chi connectivity index (χ2n) is 8.24. The van der Waals surface area contributed by atoms with Gasteiger partial charge in [0.2, 0.25) is 0 Å². The molecule has 35 heavy (non-hydrogen) atoms. The van der Waals surface area contributed by atoms with Gasteiger partial charge in [-0.15, -0.1) is 0 Å². The molecule has 1 amide bonds. The SMILES string of the molecule is Cc1c(C(=O)Nn2c3c(c4ccccc4c2=O)C(=O)c2ccccc2-3)[n+](=O)c2ccccc2n1[O-]. The molecule has 9 heteroatoms. The molecular formula is C26H16N4O5. The zero-order valence-corrected chi connectivity index (χ0v) is 18.3. The summed E-state index contributed by atoms with van der Waals surface area (Å²) in [6, 6.07) is 19.5. The van der Waals surface area contributed by atoms with E-state index in [0.29, 0.717) is 25.7 Å². The zero-order valence-electron chi connectivity index (χ0n) is 18.3. The quantitative estimate of drug-likeness (QED) is 0.395. The first kappa shape index (κ1) is 20.5. The number of para-hydroxylation sites is 2. The van der Waals surface area contributed by atoms with Crippen molar-refractivity contribution in [1.82, 2.24) is 9.41 Å². The maximum absolute atomic E-state index is 13.5. The van der Waals surface area contributed by atoms with E-state index in [1.54, 1.807) is 60.7 Å². The first-order valence-corrected chi connectivity index (χ1v) is 10.8. The van der Waals surface area contributed by atoms with Crippen molar-refractivity contribution in [1.29, 1.82) is 0 Å². The van der Waals surface area contributed by atoms with Crippen molar-refractivity contribution in [3.63, 3.8) is 0 Å². The van der Waals surface area contributed by atoms with Crippen LogP contribution in [0, 0.1) is 17.0 Å². The summed E-state index contributed by atoms with van der Waals surface area (Å²) < 4.78 is 1.87. The molecule has 0 radical (unpaired) electrons. The number of hydrogen-bond acceptors (Lipinski definition) is 5. The molecule has 0 fully saturated rings. The molecule has 0 saturated heterocycles. The first-order valence-electron chi connectivity index (χ1n) is 10.8. The average Bonchev–Trinajstić information content (AvgIpc) is 3.18. The van der Waals surface area contributed by atoms with Crippen molar-refractivity contribution in [2.45, 2.75) is 6.92 Å². The van der Waals surface area contributed by atoms with Gasteiger partial charge in [0, 0.05) is 32.9 Å². The molecule has 2 heterocycles. The summed E-state index contributed by atoms with van der Waals surface area (Å²) >= 11 is 0. The topological polar surface area (TPSA) is 119 Å². The smallest absolute Gasteiger partial charge is 0.348 e. The number of amides is 1. The molecule has 2 aromatic heterocycles. The molecule has 1 aliphatic rings. The minimum absolute atomic E-state index is 0.00913. The number of fused-ring (bicyclic) bond motifs is 6. The van der Waals surface area contributed by atoms with Crippen LogP contribution in [-0.2, 0) is 0 Å². The van der Waals surface area contributed by atoms with E-state index in [1.807, 2.05) is 0 Å². The fraction of sp³-hybridized carbons (Fsp3) is 0.0385. The number of carbonyl (C=O) groups excluding carboxylic acids is 2. The molecule has 0 saturated carbocycles. The van der Waals surface area contributed by atoms with Crippen LogP contribution in [0.5, 0.6) is 0 Å². The van der Waals surface area contributed by atoms with Gasteiger partial charge in [-0.2, -0.15) is 0 Å². The predicted octanol–water partition coefficient (Wildman–Crippen LogP) is 3.12. The average molecular weight is 464 g/mol. The minimum atomic E-state index is -0.954. The largest absolute Gasteiger partial charge is 0.805 e. The molecule has 0 spiro atoms. The summed E-state index contributed by atoms with van der Waals surface area (Å²) in [6.45, 7) is 1.36. The number of nitrogens with one attached hydrogen (secondary N) is 1. The number of nitrogens with zero attached hydrogens (tertiary/aromatic N) is 3. The maximum Gasteiger partial charge on any atom is 0.348 e. The zero-order chi connectivity index (χ0) is 24.4. The van der Waals surface area contributed by atoms with E-state index in [0.717, 1.165) is 4.68 Å². The lowest BCUT2D eigenvalue weighted by Gasteiger charge is -2.18.